The molecule has 0 spiro atoms. The third-order valence-corrected chi connectivity index (χ3v) is 2.58. The van der Waals surface area contributed by atoms with Crippen molar-refractivity contribution in [1.29, 1.82) is 0 Å². The maximum absolute atomic E-state index is 8.64. The van der Waals surface area contributed by atoms with Crippen LogP contribution in [0.4, 0.5) is 0 Å². The van der Waals surface area contributed by atoms with Gasteiger partial charge >= 0.3 is 0 Å². The fourth-order valence-corrected chi connectivity index (χ4v) is 1.69. The van der Waals surface area contributed by atoms with E-state index in [1.54, 1.807) is 0 Å². The molecule has 2 N–H and O–H groups in total. The first kappa shape index (κ1) is 13.2. The van der Waals surface area contributed by atoms with Crippen LogP contribution in [0.1, 0.15) is 38.3 Å². The van der Waals surface area contributed by atoms with Crippen molar-refractivity contribution in [2.45, 2.75) is 45.7 Å². The predicted molar refractivity (Wildman–Crippen MR) is 65.2 cm³/mol. The molecule has 0 atom stereocenters. The molecule has 0 aliphatic heterocycles. The van der Waals surface area contributed by atoms with Gasteiger partial charge in [0.15, 0.2) is 0 Å². The Balaban J connectivity index is 2.13. The predicted octanol–water partition coefficient (Wildman–Crippen LogP) is 1.55. The van der Waals surface area contributed by atoms with E-state index in [4.69, 9.17) is 5.11 Å². The molecule has 1 aromatic heterocycles. The third-order valence-electron chi connectivity index (χ3n) is 2.58. The molecule has 0 unspecified atom stereocenters. The summed E-state index contributed by atoms with van der Waals surface area (Å²) in [6.07, 6.45) is 8.10. The molecule has 0 amide bonds. The van der Waals surface area contributed by atoms with Crippen LogP contribution in [0.2, 0.25) is 0 Å². The maximum Gasteiger partial charge on any atom is 0.0948 e. The molecule has 16 heavy (non-hydrogen) atoms. The van der Waals surface area contributed by atoms with E-state index in [2.05, 4.69) is 21.8 Å². The van der Waals surface area contributed by atoms with E-state index >= 15 is 0 Å². The summed E-state index contributed by atoms with van der Waals surface area (Å²) in [6.45, 7) is 5.42. The van der Waals surface area contributed by atoms with Crippen LogP contribution in [0.15, 0.2) is 12.5 Å². The Labute approximate surface area is 97.7 Å². The second kappa shape index (κ2) is 8.30. The lowest BCUT2D eigenvalue weighted by Crippen LogP contribution is -2.17. The largest absolute Gasteiger partial charge is 0.396 e. The van der Waals surface area contributed by atoms with Gasteiger partial charge in [-0.1, -0.05) is 6.92 Å². The molecule has 1 rings (SSSR count). The van der Waals surface area contributed by atoms with E-state index in [1.165, 1.54) is 5.69 Å². The van der Waals surface area contributed by atoms with Gasteiger partial charge in [-0.25, -0.2) is 4.98 Å². The molecule has 0 aliphatic carbocycles. The van der Waals surface area contributed by atoms with Crippen molar-refractivity contribution < 1.29 is 5.11 Å². The Morgan fingerprint density at radius 2 is 2.25 bits per heavy atom. The van der Waals surface area contributed by atoms with E-state index in [9.17, 15) is 0 Å². The summed E-state index contributed by atoms with van der Waals surface area (Å²) in [5.41, 5.74) is 1.25. The average Bonchev–Trinajstić information content (AvgIpc) is 2.72. The fraction of sp³-hybridized carbons (Fsp3) is 0.750. The highest BCUT2D eigenvalue weighted by Crippen LogP contribution is 2.00. The Morgan fingerprint density at radius 1 is 1.38 bits per heavy atom. The standard InChI is InChI=1S/C12H23N3O/c1-2-7-15-11-14-10-12(15)9-13-6-4-3-5-8-16/h10-11,13,16H,2-9H2,1H3. The number of nitrogens with zero attached hydrogens (tertiary/aromatic N) is 2. The van der Waals surface area contributed by atoms with E-state index in [1.807, 2.05) is 12.5 Å². The Morgan fingerprint density at radius 3 is 3.00 bits per heavy atom. The Kier molecular flexibility index (Phi) is 6.85. The lowest BCUT2D eigenvalue weighted by atomic mass is 10.2. The Bertz CT molecular complexity index is 273. The van der Waals surface area contributed by atoms with Crippen LogP contribution in [0, 0.1) is 0 Å². The molecule has 4 nitrogen and oxygen atoms in total. The average molecular weight is 225 g/mol. The van der Waals surface area contributed by atoms with Crippen LogP contribution in [-0.4, -0.2) is 27.8 Å². The Hall–Kier alpha value is -0.870. The SMILES string of the molecule is CCCn1cncc1CNCCCCCO. The number of imidazole rings is 1. The van der Waals surface area contributed by atoms with Crippen molar-refractivity contribution in [2.24, 2.45) is 0 Å². The van der Waals surface area contributed by atoms with Crippen molar-refractivity contribution in [3.05, 3.63) is 18.2 Å². The van der Waals surface area contributed by atoms with Gasteiger partial charge in [-0.3, -0.25) is 0 Å². The van der Waals surface area contributed by atoms with Crippen molar-refractivity contribution in [1.82, 2.24) is 14.9 Å². The number of aryl methyl sites for hydroxylation is 1. The van der Waals surface area contributed by atoms with E-state index in [0.717, 1.165) is 45.3 Å². The normalized spacial score (nSPS) is 10.9. The zero-order chi connectivity index (χ0) is 11.6. The first-order chi connectivity index (χ1) is 7.88. The van der Waals surface area contributed by atoms with Gasteiger partial charge < -0.3 is 15.0 Å². The topological polar surface area (TPSA) is 50.1 Å². The second-order valence-electron chi connectivity index (χ2n) is 4.04. The number of aliphatic hydroxyl groups is 1. The van der Waals surface area contributed by atoms with Gasteiger partial charge in [0, 0.05) is 25.9 Å². The molecule has 0 fully saturated rings. The summed E-state index contributed by atoms with van der Waals surface area (Å²) in [5, 5.41) is 12.0. The second-order valence-corrected chi connectivity index (χ2v) is 4.04. The van der Waals surface area contributed by atoms with Crippen LogP contribution in [0.3, 0.4) is 0 Å². The summed E-state index contributed by atoms with van der Waals surface area (Å²) < 4.78 is 2.20. The summed E-state index contributed by atoms with van der Waals surface area (Å²) in [4.78, 5) is 4.16. The van der Waals surface area contributed by atoms with E-state index in [-0.39, 0.29) is 0 Å². The van der Waals surface area contributed by atoms with Gasteiger partial charge in [0.25, 0.3) is 0 Å². The number of nitrogens with one attached hydrogen (secondary N) is 1. The first-order valence-corrected chi connectivity index (χ1v) is 6.19. The number of aliphatic hydroxyl groups excluding tert-OH is 1. The van der Waals surface area contributed by atoms with Crippen molar-refractivity contribution in [3.8, 4) is 0 Å². The minimum Gasteiger partial charge on any atom is -0.396 e. The molecule has 0 aromatic carbocycles. The first-order valence-electron chi connectivity index (χ1n) is 6.19. The van der Waals surface area contributed by atoms with Gasteiger partial charge in [-0.2, -0.15) is 0 Å². The van der Waals surface area contributed by atoms with Gasteiger partial charge in [0.05, 0.1) is 12.0 Å². The molecule has 0 saturated carbocycles. The van der Waals surface area contributed by atoms with Gasteiger partial charge in [-0.15, -0.1) is 0 Å². The van der Waals surface area contributed by atoms with Crippen LogP contribution < -0.4 is 5.32 Å². The smallest absolute Gasteiger partial charge is 0.0948 e. The molecule has 1 aromatic rings. The van der Waals surface area contributed by atoms with Crippen molar-refractivity contribution in [2.75, 3.05) is 13.2 Å². The van der Waals surface area contributed by atoms with Crippen LogP contribution >= 0.6 is 0 Å². The molecule has 0 bridgehead atoms. The highest BCUT2D eigenvalue weighted by molar-refractivity contribution is 4.97. The lowest BCUT2D eigenvalue weighted by Gasteiger charge is -2.07. The van der Waals surface area contributed by atoms with Gasteiger partial charge in [0.1, 0.15) is 0 Å². The summed E-state index contributed by atoms with van der Waals surface area (Å²) >= 11 is 0. The van der Waals surface area contributed by atoms with E-state index < -0.39 is 0 Å². The van der Waals surface area contributed by atoms with Gasteiger partial charge in [-0.05, 0) is 32.2 Å². The van der Waals surface area contributed by atoms with Crippen LogP contribution in [0.5, 0.6) is 0 Å². The summed E-state index contributed by atoms with van der Waals surface area (Å²) in [7, 11) is 0. The molecule has 0 saturated heterocycles. The highest BCUT2D eigenvalue weighted by atomic mass is 16.2. The number of rotatable bonds is 9. The zero-order valence-electron chi connectivity index (χ0n) is 10.2. The lowest BCUT2D eigenvalue weighted by molar-refractivity contribution is 0.283. The minimum absolute atomic E-state index is 0.309. The maximum atomic E-state index is 8.64. The van der Waals surface area contributed by atoms with Gasteiger partial charge in [0.2, 0.25) is 0 Å². The van der Waals surface area contributed by atoms with Crippen LogP contribution in [-0.2, 0) is 13.1 Å². The highest BCUT2D eigenvalue weighted by Gasteiger charge is 1.99. The third kappa shape index (κ3) is 4.77. The molecule has 0 aliphatic rings. The van der Waals surface area contributed by atoms with Crippen molar-refractivity contribution in [3.63, 3.8) is 0 Å². The molecule has 0 radical (unpaired) electrons. The molecule has 1 heterocycles. The number of aromatic nitrogens is 2. The quantitative estimate of drug-likeness (QED) is 0.627. The van der Waals surface area contributed by atoms with Crippen LogP contribution in [0.25, 0.3) is 0 Å². The summed E-state index contributed by atoms with van der Waals surface area (Å²) in [5.74, 6) is 0. The number of hydrogen-bond acceptors (Lipinski definition) is 3. The summed E-state index contributed by atoms with van der Waals surface area (Å²) in [6, 6.07) is 0. The van der Waals surface area contributed by atoms with E-state index in [0.29, 0.717) is 6.61 Å². The molecule has 4 heteroatoms. The molecular weight excluding hydrogens is 202 g/mol. The fourth-order valence-electron chi connectivity index (χ4n) is 1.69. The molecule has 92 valence electrons. The monoisotopic (exact) mass is 225 g/mol. The number of unbranched alkanes of at least 4 members (excludes halogenated alkanes) is 2. The minimum atomic E-state index is 0.309. The van der Waals surface area contributed by atoms with Crippen molar-refractivity contribution >= 4 is 0 Å². The number of hydrogen-bond donors (Lipinski definition) is 2. The molecular formula is C12H23N3O. The zero-order valence-corrected chi connectivity index (χ0v) is 10.2.